The number of aryl methyl sites for hydroxylation is 1. The van der Waals surface area contributed by atoms with Gasteiger partial charge in [0.1, 0.15) is 0 Å². The van der Waals surface area contributed by atoms with Crippen molar-refractivity contribution in [2.45, 2.75) is 19.3 Å². The van der Waals surface area contributed by atoms with Gasteiger partial charge < -0.3 is 10.1 Å². The van der Waals surface area contributed by atoms with Crippen LogP contribution in [0, 0.1) is 6.92 Å². The second-order valence-corrected chi connectivity index (χ2v) is 4.43. The molecule has 17 heavy (non-hydrogen) atoms. The van der Waals surface area contributed by atoms with Crippen LogP contribution in [0.15, 0.2) is 12.4 Å². The number of fused-ring (bicyclic) bond motifs is 1. The van der Waals surface area contributed by atoms with Crippen LogP contribution >= 0.6 is 0 Å². The van der Waals surface area contributed by atoms with Gasteiger partial charge in [0.05, 0.1) is 30.9 Å². The van der Waals surface area contributed by atoms with Gasteiger partial charge in [-0.1, -0.05) is 0 Å². The van der Waals surface area contributed by atoms with Gasteiger partial charge in [0, 0.05) is 12.5 Å². The van der Waals surface area contributed by atoms with Crippen LogP contribution in [0.1, 0.15) is 23.7 Å². The average Bonchev–Trinajstić information content (AvgIpc) is 2.93. The summed E-state index contributed by atoms with van der Waals surface area (Å²) in [4.78, 5) is 8.74. The molecule has 0 aromatic carbocycles. The molecule has 0 amide bonds. The summed E-state index contributed by atoms with van der Waals surface area (Å²) in [6, 6.07) is 0. The topological polar surface area (TPSA) is 51.5 Å². The number of nitrogens with one attached hydrogen (secondary N) is 1. The molecule has 0 spiro atoms. The number of imidazole rings is 1. The van der Waals surface area contributed by atoms with Gasteiger partial charge >= 0.3 is 0 Å². The van der Waals surface area contributed by atoms with Gasteiger partial charge in [0.15, 0.2) is 5.65 Å². The van der Waals surface area contributed by atoms with E-state index in [0.717, 1.165) is 24.4 Å². The van der Waals surface area contributed by atoms with E-state index in [1.165, 1.54) is 12.1 Å². The zero-order chi connectivity index (χ0) is 11.8. The van der Waals surface area contributed by atoms with Crippen LogP contribution < -0.4 is 10.1 Å². The highest BCUT2D eigenvalue weighted by Gasteiger charge is 2.23. The van der Waals surface area contributed by atoms with E-state index in [1.807, 2.05) is 6.20 Å². The van der Waals surface area contributed by atoms with Crippen LogP contribution in [0.5, 0.6) is 5.88 Å². The Bertz CT molecular complexity index is 543. The second kappa shape index (κ2) is 4.00. The van der Waals surface area contributed by atoms with Gasteiger partial charge in [0.25, 0.3) is 0 Å². The average molecular weight is 232 g/mol. The Morgan fingerprint density at radius 1 is 1.53 bits per heavy atom. The molecule has 1 atom stereocenters. The molecule has 1 saturated heterocycles. The van der Waals surface area contributed by atoms with Crippen molar-refractivity contribution in [3.05, 3.63) is 23.8 Å². The number of ether oxygens (including phenoxy) is 1. The molecule has 1 fully saturated rings. The lowest BCUT2D eigenvalue weighted by Gasteiger charge is -2.10. The predicted molar refractivity (Wildman–Crippen MR) is 64.5 cm³/mol. The normalized spacial score (nSPS) is 20.0. The third-order valence-corrected chi connectivity index (χ3v) is 3.36. The van der Waals surface area contributed by atoms with Crippen molar-refractivity contribution in [3.63, 3.8) is 0 Å². The highest BCUT2D eigenvalue weighted by atomic mass is 16.5. The fraction of sp³-hybridized carbons (Fsp3) is 0.500. The molecule has 3 heterocycles. The van der Waals surface area contributed by atoms with E-state index in [2.05, 4.69) is 26.6 Å². The first-order valence-electron chi connectivity index (χ1n) is 5.89. The van der Waals surface area contributed by atoms with E-state index in [1.54, 1.807) is 13.3 Å². The van der Waals surface area contributed by atoms with Gasteiger partial charge in [-0.3, -0.25) is 4.40 Å². The molecule has 0 bridgehead atoms. The Labute approximate surface area is 99.8 Å². The maximum atomic E-state index is 5.17. The molecule has 5 heteroatoms. The van der Waals surface area contributed by atoms with Gasteiger partial charge in [0.2, 0.25) is 5.88 Å². The molecule has 0 radical (unpaired) electrons. The number of nitrogens with zero attached hydrogens (tertiary/aromatic N) is 3. The molecule has 2 aromatic heterocycles. The van der Waals surface area contributed by atoms with Crippen LogP contribution in [0.25, 0.3) is 5.65 Å². The minimum absolute atomic E-state index is 0.539. The number of hydrogen-bond donors (Lipinski definition) is 1. The van der Waals surface area contributed by atoms with Crippen LogP contribution in [0.2, 0.25) is 0 Å². The SMILES string of the molecule is COc1cn2c(C3CCNC3)c(C)nc2cn1. The summed E-state index contributed by atoms with van der Waals surface area (Å²) in [5.74, 6) is 1.17. The third-order valence-electron chi connectivity index (χ3n) is 3.36. The zero-order valence-electron chi connectivity index (χ0n) is 10.1. The summed E-state index contributed by atoms with van der Waals surface area (Å²) in [6.07, 6.45) is 4.85. The third kappa shape index (κ3) is 1.67. The number of rotatable bonds is 2. The monoisotopic (exact) mass is 232 g/mol. The van der Waals surface area contributed by atoms with E-state index in [-0.39, 0.29) is 0 Å². The first-order chi connectivity index (χ1) is 8.29. The molecule has 1 aliphatic heterocycles. The van der Waals surface area contributed by atoms with Crippen LogP contribution in [-0.4, -0.2) is 34.6 Å². The molecule has 0 aliphatic carbocycles. The van der Waals surface area contributed by atoms with Crippen molar-refractivity contribution in [1.29, 1.82) is 0 Å². The quantitative estimate of drug-likeness (QED) is 0.843. The first kappa shape index (κ1) is 10.5. The lowest BCUT2D eigenvalue weighted by Crippen LogP contribution is -2.10. The van der Waals surface area contributed by atoms with Gasteiger partial charge in [-0.25, -0.2) is 9.97 Å². The van der Waals surface area contributed by atoms with Crippen molar-refractivity contribution in [2.24, 2.45) is 0 Å². The number of methoxy groups -OCH3 is 1. The molecule has 1 unspecified atom stereocenters. The summed E-state index contributed by atoms with van der Waals surface area (Å²) in [6.45, 7) is 4.17. The molecular formula is C12H16N4O. The fourth-order valence-corrected chi connectivity index (χ4v) is 2.56. The maximum absolute atomic E-state index is 5.17. The van der Waals surface area contributed by atoms with E-state index in [4.69, 9.17) is 4.74 Å². The minimum Gasteiger partial charge on any atom is -0.480 e. The molecule has 2 aromatic rings. The molecular weight excluding hydrogens is 216 g/mol. The van der Waals surface area contributed by atoms with E-state index >= 15 is 0 Å². The van der Waals surface area contributed by atoms with Crippen LogP contribution in [0.3, 0.4) is 0 Å². The lowest BCUT2D eigenvalue weighted by molar-refractivity contribution is 0.395. The van der Waals surface area contributed by atoms with Crippen molar-refractivity contribution in [1.82, 2.24) is 19.7 Å². The Kier molecular flexibility index (Phi) is 2.48. The number of aromatic nitrogens is 3. The van der Waals surface area contributed by atoms with Crippen molar-refractivity contribution in [2.75, 3.05) is 20.2 Å². The molecule has 3 rings (SSSR count). The molecule has 1 aliphatic rings. The second-order valence-electron chi connectivity index (χ2n) is 4.43. The standard InChI is InChI=1S/C12H16N4O/c1-8-12(9-3-4-13-5-9)16-7-11(17-2)14-6-10(16)15-8/h6-7,9,13H,3-5H2,1-2H3. The number of hydrogen-bond acceptors (Lipinski definition) is 4. The van der Waals surface area contributed by atoms with Gasteiger partial charge in [-0.05, 0) is 19.9 Å². The van der Waals surface area contributed by atoms with Crippen molar-refractivity contribution < 1.29 is 4.74 Å². The Hall–Kier alpha value is -1.62. The molecule has 90 valence electrons. The van der Waals surface area contributed by atoms with E-state index in [9.17, 15) is 0 Å². The molecule has 5 nitrogen and oxygen atoms in total. The Morgan fingerprint density at radius 3 is 3.12 bits per heavy atom. The van der Waals surface area contributed by atoms with Crippen LogP contribution in [0.4, 0.5) is 0 Å². The largest absolute Gasteiger partial charge is 0.480 e. The zero-order valence-corrected chi connectivity index (χ0v) is 10.1. The summed E-state index contributed by atoms with van der Waals surface area (Å²) in [5, 5.41) is 3.39. The molecule has 0 saturated carbocycles. The summed E-state index contributed by atoms with van der Waals surface area (Å²) in [7, 11) is 1.63. The Balaban J connectivity index is 2.17. The van der Waals surface area contributed by atoms with Gasteiger partial charge in [-0.15, -0.1) is 0 Å². The first-order valence-corrected chi connectivity index (χ1v) is 5.89. The maximum Gasteiger partial charge on any atom is 0.230 e. The lowest BCUT2D eigenvalue weighted by atomic mass is 10.0. The highest BCUT2D eigenvalue weighted by Crippen LogP contribution is 2.26. The fourth-order valence-electron chi connectivity index (χ4n) is 2.56. The van der Waals surface area contributed by atoms with Crippen molar-refractivity contribution in [3.8, 4) is 5.88 Å². The van der Waals surface area contributed by atoms with Gasteiger partial charge in [-0.2, -0.15) is 0 Å². The Morgan fingerprint density at radius 2 is 2.41 bits per heavy atom. The molecule has 1 N–H and O–H groups in total. The highest BCUT2D eigenvalue weighted by molar-refractivity contribution is 5.43. The summed E-state index contributed by atoms with van der Waals surface area (Å²) < 4.78 is 7.28. The smallest absolute Gasteiger partial charge is 0.230 e. The van der Waals surface area contributed by atoms with Crippen LogP contribution in [-0.2, 0) is 0 Å². The summed E-state index contributed by atoms with van der Waals surface area (Å²) in [5.41, 5.74) is 3.27. The van der Waals surface area contributed by atoms with Crippen molar-refractivity contribution >= 4 is 5.65 Å². The summed E-state index contributed by atoms with van der Waals surface area (Å²) >= 11 is 0. The van der Waals surface area contributed by atoms with E-state index < -0.39 is 0 Å². The van der Waals surface area contributed by atoms with E-state index in [0.29, 0.717) is 11.8 Å². The minimum atomic E-state index is 0.539. The predicted octanol–water partition coefficient (Wildman–Crippen LogP) is 1.12.